The van der Waals surface area contributed by atoms with E-state index in [0.717, 1.165) is 16.9 Å². The average Bonchev–Trinajstić information content (AvgIpc) is 2.97. The Balaban J connectivity index is 2.00. The molecule has 0 amide bonds. The lowest BCUT2D eigenvalue weighted by atomic mass is 9.87. The summed E-state index contributed by atoms with van der Waals surface area (Å²) in [6.07, 6.45) is 0. The number of anilines is 1. The molecule has 22 heavy (non-hydrogen) atoms. The number of hydrogen-bond donors (Lipinski definition) is 1. The number of nitrogens with two attached hydrogens (primary N) is 1. The van der Waals surface area contributed by atoms with Gasteiger partial charge >= 0.3 is 0 Å². The highest BCUT2D eigenvalue weighted by atomic mass is 15.5. The molecule has 1 heterocycles. The minimum atomic E-state index is 0.124. The number of aromatic nitrogens is 4. The first-order chi connectivity index (χ1) is 10.4. The van der Waals surface area contributed by atoms with Gasteiger partial charge in [-0.05, 0) is 57.8 Å². The molecule has 0 aliphatic heterocycles. The second-order valence-electron chi connectivity index (χ2n) is 6.33. The second-order valence-corrected chi connectivity index (χ2v) is 6.33. The minimum absolute atomic E-state index is 0.124. The molecule has 1 aromatic heterocycles. The molecular formula is C17H19N5. The Hall–Kier alpha value is -2.69. The van der Waals surface area contributed by atoms with Crippen LogP contribution in [0.2, 0.25) is 0 Å². The quantitative estimate of drug-likeness (QED) is 0.737. The summed E-state index contributed by atoms with van der Waals surface area (Å²) in [5.74, 6) is 0.698. The average molecular weight is 293 g/mol. The van der Waals surface area contributed by atoms with Gasteiger partial charge in [-0.3, -0.25) is 0 Å². The summed E-state index contributed by atoms with van der Waals surface area (Å²) in [7, 11) is 0. The molecule has 0 aliphatic carbocycles. The topological polar surface area (TPSA) is 69.6 Å². The molecule has 0 unspecified atom stereocenters. The SMILES string of the molecule is CC(C)(C)c1ccc(-n2nnnc2-c2ccc(N)cc2)cc1. The molecule has 0 spiro atoms. The molecule has 0 aliphatic rings. The first-order valence-corrected chi connectivity index (χ1v) is 7.20. The van der Waals surface area contributed by atoms with Crippen LogP contribution in [0.5, 0.6) is 0 Å². The fourth-order valence-corrected chi connectivity index (χ4v) is 2.28. The van der Waals surface area contributed by atoms with E-state index in [1.54, 1.807) is 4.68 Å². The molecule has 112 valence electrons. The van der Waals surface area contributed by atoms with Crippen LogP contribution >= 0.6 is 0 Å². The van der Waals surface area contributed by atoms with Crippen LogP contribution in [0.25, 0.3) is 17.1 Å². The molecule has 5 heteroatoms. The first-order valence-electron chi connectivity index (χ1n) is 7.20. The van der Waals surface area contributed by atoms with E-state index in [-0.39, 0.29) is 5.41 Å². The summed E-state index contributed by atoms with van der Waals surface area (Å²) in [5, 5.41) is 12.0. The standard InChI is InChI=1S/C17H19N5/c1-17(2,3)13-6-10-15(11-7-13)22-16(19-20-21-22)12-4-8-14(18)9-5-12/h4-11H,18H2,1-3H3. The third-order valence-corrected chi connectivity index (χ3v) is 3.62. The van der Waals surface area contributed by atoms with Crippen molar-refractivity contribution < 1.29 is 0 Å². The van der Waals surface area contributed by atoms with Crippen LogP contribution in [0, 0.1) is 0 Å². The van der Waals surface area contributed by atoms with Gasteiger partial charge in [0.15, 0.2) is 5.82 Å². The van der Waals surface area contributed by atoms with E-state index in [2.05, 4.69) is 48.4 Å². The van der Waals surface area contributed by atoms with Crippen molar-refractivity contribution in [2.75, 3.05) is 5.73 Å². The number of benzene rings is 2. The van der Waals surface area contributed by atoms with Gasteiger partial charge in [-0.1, -0.05) is 32.9 Å². The molecule has 3 aromatic rings. The molecule has 0 saturated heterocycles. The largest absolute Gasteiger partial charge is 0.399 e. The number of hydrogen-bond acceptors (Lipinski definition) is 4. The Morgan fingerprint density at radius 1 is 0.909 bits per heavy atom. The van der Waals surface area contributed by atoms with Gasteiger partial charge in [0.2, 0.25) is 0 Å². The Kier molecular flexibility index (Phi) is 3.41. The van der Waals surface area contributed by atoms with Gasteiger partial charge in [0, 0.05) is 11.3 Å². The van der Waals surface area contributed by atoms with Gasteiger partial charge in [0.05, 0.1) is 5.69 Å². The third kappa shape index (κ3) is 2.70. The van der Waals surface area contributed by atoms with Crippen LogP contribution in [0.1, 0.15) is 26.3 Å². The van der Waals surface area contributed by atoms with Crippen molar-refractivity contribution in [1.82, 2.24) is 20.2 Å². The monoisotopic (exact) mass is 293 g/mol. The summed E-state index contributed by atoms with van der Waals surface area (Å²) in [6.45, 7) is 6.58. The lowest BCUT2D eigenvalue weighted by Gasteiger charge is -2.19. The van der Waals surface area contributed by atoms with Crippen LogP contribution in [0.4, 0.5) is 5.69 Å². The van der Waals surface area contributed by atoms with E-state index in [1.165, 1.54) is 5.56 Å². The molecule has 5 nitrogen and oxygen atoms in total. The molecule has 0 bridgehead atoms. The van der Waals surface area contributed by atoms with Gasteiger partial charge in [0.25, 0.3) is 0 Å². The van der Waals surface area contributed by atoms with Gasteiger partial charge in [-0.25, -0.2) is 0 Å². The van der Waals surface area contributed by atoms with Crippen molar-refractivity contribution in [2.45, 2.75) is 26.2 Å². The highest BCUT2D eigenvalue weighted by Gasteiger charge is 2.15. The van der Waals surface area contributed by atoms with E-state index in [9.17, 15) is 0 Å². The summed E-state index contributed by atoms with van der Waals surface area (Å²) >= 11 is 0. The number of rotatable bonds is 2. The first kappa shape index (κ1) is 14.3. The van der Waals surface area contributed by atoms with Gasteiger partial charge in [0.1, 0.15) is 0 Å². The fourth-order valence-electron chi connectivity index (χ4n) is 2.28. The Morgan fingerprint density at radius 2 is 1.55 bits per heavy atom. The summed E-state index contributed by atoms with van der Waals surface area (Å²) in [4.78, 5) is 0. The van der Waals surface area contributed by atoms with Crippen LogP contribution in [-0.4, -0.2) is 20.2 Å². The van der Waals surface area contributed by atoms with Gasteiger partial charge in [-0.15, -0.1) is 5.10 Å². The number of nitrogens with zero attached hydrogens (tertiary/aromatic N) is 4. The lowest BCUT2D eigenvalue weighted by Crippen LogP contribution is -2.11. The van der Waals surface area contributed by atoms with Crippen molar-refractivity contribution in [3.63, 3.8) is 0 Å². The van der Waals surface area contributed by atoms with E-state index in [0.29, 0.717) is 5.82 Å². The molecule has 0 radical (unpaired) electrons. The summed E-state index contributed by atoms with van der Waals surface area (Å²) in [5.41, 5.74) is 9.71. The Morgan fingerprint density at radius 3 is 2.14 bits per heavy atom. The molecule has 2 N–H and O–H groups in total. The minimum Gasteiger partial charge on any atom is -0.399 e. The van der Waals surface area contributed by atoms with Crippen LogP contribution in [0.15, 0.2) is 48.5 Å². The lowest BCUT2D eigenvalue weighted by molar-refractivity contribution is 0.590. The Labute approximate surface area is 129 Å². The predicted molar refractivity (Wildman–Crippen MR) is 87.7 cm³/mol. The summed E-state index contributed by atoms with van der Waals surface area (Å²) < 4.78 is 1.73. The van der Waals surface area contributed by atoms with Crippen molar-refractivity contribution in [3.05, 3.63) is 54.1 Å². The zero-order chi connectivity index (χ0) is 15.7. The van der Waals surface area contributed by atoms with E-state index in [1.807, 2.05) is 36.4 Å². The number of tetrazole rings is 1. The fraction of sp³-hybridized carbons (Fsp3) is 0.235. The van der Waals surface area contributed by atoms with Gasteiger partial charge < -0.3 is 5.73 Å². The van der Waals surface area contributed by atoms with Crippen molar-refractivity contribution in [2.24, 2.45) is 0 Å². The van der Waals surface area contributed by atoms with E-state index in [4.69, 9.17) is 5.73 Å². The van der Waals surface area contributed by atoms with Crippen molar-refractivity contribution >= 4 is 5.69 Å². The maximum atomic E-state index is 5.73. The molecule has 0 saturated carbocycles. The normalized spacial score (nSPS) is 11.6. The second kappa shape index (κ2) is 5.26. The van der Waals surface area contributed by atoms with Crippen LogP contribution in [-0.2, 0) is 5.41 Å². The Bertz CT molecular complexity index is 764. The molecular weight excluding hydrogens is 274 g/mol. The molecule has 0 fully saturated rings. The summed E-state index contributed by atoms with van der Waals surface area (Å²) in [6, 6.07) is 15.8. The number of nitrogen functional groups attached to an aromatic ring is 1. The third-order valence-electron chi connectivity index (χ3n) is 3.62. The molecule has 3 rings (SSSR count). The van der Waals surface area contributed by atoms with E-state index >= 15 is 0 Å². The molecule has 2 aromatic carbocycles. The maximum Gasteiger partial charge on any atom is 0.187 e. The van der Waals surface area contributed by atoms with Crippen LogP contribution in [0.3, 0.4) is 0 Å². The predicted octanol–water partition coefficient (Wildman–Crippen LogP) is 3.21. The molecule has 0 atom stereocenters. The zero-order valence-electron chi connectivity index (χ0n) is 13.0. The van der Waals surface area contributed by atoms with E-state index < -0.39 is 0 Å². The van der Waals surface area contributed by atoms with Gasteiger partial charge in [-0.2, -0.15) is 4.68 Å². The van der Waals surface area contributed by atoms with Crippen molar-refractivity contribution in [1.29, 1.82) is 0 Å². The van der Waals surface area contributed by atoms with Crippen molar-refractivity contribution in [3.8, 4) is 17.1 Å². The highest BCUT2D eigenvalue weighted by molar-refractivity contribution is 5.60. The maximum absolute atomic E-state index is 5.73. The van der Waals surface area contributed by atoms with Crippen LogP contribution < -0.4 is 5.73 Å². The highest BCUT2D eigenvalue weighted by Crippen LogP contribution is 2.25. The zero-order valence-corrected chi connectivity index (χ0v) is 13.0. The smallest absolute Gasteiger partial charge is 0.187 e.